The van der Waals surface area contributed by atoms with Gasteiger partial charge in [0.2, 0.25) is 5.88 Å². The summed E-state index contributed by atoms with van der Waals surface area (Å²) in [4.78, 5) is 13.1. The maximum Gasteiger partial charge on any atom is 0.225 e. The van der Waals surface area contributed by atoms with E-state index in [4.69, 9.17) is 4.52 Å². The van der Waals surface area contributed by atoms with E-state index in [1.165, 1.54) is 0 Å². The third-order valence-corrected chi connectivity index (χ3v) is 3.41. The summed E-state index contributed by atoms with van der Waals surface area (Å²) in [6.45, 7) is 3.59. The summed E-state index contributed by atoms with van der Waals surface area (Å²) in [5.41, 5.74) is 2.63. The molecule has 2 rings (SSSR count). The predicted molar refractivity (Wildman–Crippen MR) is 83.5 cm³/mol. The third-order valence-electron chi connectivity index (χ3n) is 3.41. The second-order valence-electron chi connectivity index (χ2n) is 5.70. The highest BCUT2D eigenvalue weighted by Crippen LogP contribution is 2.24. The summed E-state index contributed by atoms with van der Waals surface area (Å²) < 4.78 is 5.16. The first kappa shape index (κ1) is 15.9. The molecular weight excluding hydrogens is 282 g/mol. The van der Waals surface area contributed by atoms with Gasteiger partial charge < -0.3 is 24.6 Å². The average molecular weight is 302 g/mol. The van der Waals surface area contributed by atoms with Crippen LogP contribution in [0, 0.1) is 5.92 Å². The monoisotopic (exact) mass is 302 g/mol. The van der Waals surface area contributed by atoms with Crippen molar-refractivity contribution >= 4 is 17.5 Å². The van der Waals surface area contributed by atoms with Crippen molar-refractivity contribution < 1.29 is 14.4 Å². The van der Waals surface area contributed by atoms with Crippen molar-refractivity contribution in [2.45, 2.75) is 19.9 Å². The number of anilines is 2. The largest absolute Gasteiger partial charge is 0.548 e. The highest BCUT2D eigenvalue weighted by atomic mass is 16.5. The van der Waals surface area contributed by atoms with Gasteiger partial charge in [0.15, 0.2) is 0 Å². The molecule has 1 N–H and O–H groups in total. The minimum absolute atomic E-state index is 0.127. The molecule has 0 bridgehead atoms. The molecular formula is C16H20N3O3-. The van der Waals surface area contributed by atoms with Crippen molar-refractivity contribution in [3.8, 4) is 11.3 Å². The van der Waals surface area contributed by atoms with Crippen LogP contribution in [0.2, 0.25) is 0 Å². The normalized spacial score (nSPS) is 12.2. The number of carboxylic acids is 1. The Morgan fingerprint density at radius 3 is 2.41 bits per heavy atom. The summed E-state index contributed by atoms with van der Waals surface area (Å²) >= 11 is 0. The average Bonchev–Trinajstić information content (AvgIpc) is 2.92. The fraction of sp³-hybridized carbons (Fsp3) is 0.375. The summed E-state index contributed by atoms with van der Waals surface area (Å²) in [5.74, 6) is -0.976. The summed E-state index contributed by atoms with van der Waals surface area (Å²) in [6, 6.07) is 8.70. The number of aliphatic carboxylic acids is 1. The summed E-state index contributed by atoms with van der Waals surface area (Å²) in [5, 5.41) is 17.8. The smallest absolute Gasteiger partial charge is 0.225 e. The SMILES string of the molecule is CC(C)[C@H](Nc1cc(-c2ccc(N(C)C)cc2)no1)C(=O)[O-]. The molecule has 0 radical (unpaired) electrons. The highest BCUT2D eigenvalue weighted by Gasteiger charge is 2.17. The minimum Gasteiger partial charge on any atom is -0.548 e. The maximum absolute atomic E-state index is 11.1. The Balaban J connectivity index is 2.15. The van der Waals surface area contributed by atoms with Gasteiger partial charge in [-0.25, -0.2) is 0 Å². The standard InChI is InChI=1S/C16H21N3O3/c1-10(2)15(16(20)21)17-14-9-13(18-22-14)11-5-7-12(8-6-11)19(3)4/h5-10,15,17H,1-4H3,(H,20,21)/p-1/t15-/m0/s1. The molecule has 1 atom stereocenters. The van der Waals surface area contributed by atoms with Crippen LogP contribution in [0.3, 0.4) is 0 Å². The second kappa shape index (κ2) is 6.51. The van der Waals surface area contributed by atoms with Crippen LogP contribution in [0.5, 0.6) is 0 Å². The molecule has 6 nitrogen and oxygen atoms in total. The number of hydrogen-bond donors (Lipinski definition) is 1. The Bertz CT molecular complexity index is 632. The van der Waals surface area contributed by atoms with Crippen molar-refractivity contribution in [1.29, 1.82) is 0 Å². The van der Waals surface area contributed by atoms with E-state index in [0.29, 0.717) is 11.6 Å². The third kappa shape index (κ3) is 3.58. The van der Waals surface area contributed by atoms with Crippen LogP contribution in [-0.2, 0) is 4.79 Å². The van der Waals surface area contributed by atoms with Crippen molar-refractivity contribution in [1.82, 2.24) is 5.16 Å². The van der Waals surface area contributed by atoms with Crippen molar-refractivity contribution in [2.24, 2.45) is 5.92 Å². The van der Waals surface area contributed by atoms with E-state index in [1.807, 2.05) is 43.3 Å². The molecule has 0 spiro atoms. The molecule has 0 amide bonds. The second-order valence-corrected chi connectivity index (χ2v) is 5.70. The summed E-state index contributed by atoms with van der Waals surface area (Å²) in [6.07, 6.45) is 0. The van der Waals surface area contributed by atoms with Crippen LogP contribution < -0.4 is 15.3 Å². The lowest BCUT2D eigenvalue weighted by Gasteiger charge is -2.22. The molecule has 0 aliphatic carbocycles. The molecule has 1 aromatic heterocycles. The van der Waals surface area contributed by atoms with Gasteiger partial charge in [-0.1, -0.05) is 31.1 Å². The quantitative estimate of drug-likeness (QED) is 0.872. The molecule has 6 heteroatoms. The number of carbonyl (C=O) groups excluding carboxylic acids is 1. The van der Waals surface area contributed by atoms with Gasteiger partial charge in [-0.05, 0) is 18.1 Å². The number of hydrogen-bond acceptors (Lipinski definition) is 6. The van der Waals surface area contributed by atoms with Gasteiger partial charge in [-0.3, -0.25) is 0 Å². The number of nitrogens with zero attached hydrogens (tertiary/aromatic N) is 2. The van der Waals surface area contributed by atoms with E-state index in [2.05, 4.69) is 10.5 Å². The number of rotatable bonds is 6. The molecule has 1 aromatic carbocycles. The topological polar surface area (TPSA) is 81.4 Å². The molecule has 118 valence electrons. The van der Waals surface area contributed by atoms with Gasteiger partial charge in [0.05, 0.1) is 12.0 Å². The number of carboxylic acid groups (broad SMARTS) is 1. The first-order chi connectivity index (χ1) is 10.4. The van der Waals surface area contributed by atoms with Gasteiger partial charge in [-0.15, -0.1) is 0 Å². The molecule has 0 saturated heterocycles. The Morgan fingerprint density at radius 2 is 1.91 bits per heavy atom. The first-order valence-corrected chi connectivity index (χ1v) is 7.10. The van der Waals surface area contributed by atoms with Crippen LogP contribution in [0.4, 0.5) is 11.6 Å². The summed E-state index contributed by atoms with van der Waals surface area (Å²) in [7, 11) is 3.94. The lowest BCUT2D eigenvalue weighted by atomic mass is 10.1. The molecule has 0 aliphatic heterocycles. The van der Waals surface area contributed by atoms with E-state index < -0.39 is 12.0 Å². The van der Waals surface area contributed by atoms with E-state index in [9.17, 15) is 9.90 Å². The van der Waals surface area contributed by atoms with E-state index in [0.717, 1.165) is 11.3 Å². The van der Waals surface area contributed by atoms with Crippen molar-refractivity contribution in [2.75, 3.05) is 24.3 Å². The Labute approximate surface area is 129 Å². The zero-order valence-electron chi connectivity index (χ0n) is 13.2. The molecule has 0 unspecified atom stereocenters. The van der Waals surface area contributed by atoms with E-state index in [-0.39, 0.29) is 5.92 Å². The van der Waals surface area contributed by atoms with Gasteiger partial charge in [0.1, 0.15) is 5.69 Å². The minimum atomic E-state index is -1.16. The van der Waals surface area contributed by atoms with Crippen LogP contribution in [-0.4, -0.2) is 31.3 Å². The molecule has 0 aliphatic rings. The van der Waals surface area contributed by atoms with Crippen LogP contribution >= 0.6 is 0 Å². The zero-order valence-corrected chi connectivity index (χ0v) is 13.2. The fourth-order valence-corrected chi connectivity index (χ4v) is 2.06. The first-order valence-electron chi connectivity index (χ1n) is 7.10. The van der Waals surface area contributed by atoms with E-state index >= 15 is 0 Å². The molecule has 22 heavy (non-hydrogen) atoms. The van der Waals surface area contributed by atoms with Gasteiger partial charge in [0.25, 0.3) is 0 Å². The lowest BCUT2D eigenvalue weighted by molar-refractivity contribution is -0.307. The number of benzene rings is 1. The van der Waals surface area contributed by atoms with Crippen LogP contribution in [0.15, 0.2) is 34.9 Å². The van der Waals surface area contributed by atoms with Crippen LogP contribution in [0.25, 0.3) is 11.3 Å². The lowest BCUT2D eigenvalue weighted by Crippen LogP contribution is -2.44. The van der Waals surface area contributed by atoms with Gasteiger partial charge in [-0.2, -0.15) is 0 Å². The zero-order chi connectivity index (χ0) is 16.3. The molecule has 0 saturated carbocycles. The predicted octanol–water partition coefficient (Wildman–Crippen LogP) is 1.59. The number of aromatic nitrogens is 1. The van der Waals surface area contributed by atoms with Gasteiger partial charge in [0, 0.05) is 31.4 Å². The van der Waals surface area contributed by atoms with E-state index in [1.54, 1.807) is 19.9 Å². The Kier molecular flexibility index (Phi) is 4.70. The Hall–Kier alpha value is -2.50. The molecule has 1 heterocycles. The number of nitrogens with one attached hydrogen (secondary N) is 1. The molecule has 0 fully saturated rings. The highest BCUT2D eigenvalue weighted by molar-refractivity contribution is 5.75. The Morgan fingerprint density at radius 1 is 1.27 bits per heavy atom. The fourth-order valence-electron chi connectivity index (χ4n) is 2.06. The van der Waals surface area contributed by atoms with Crippen molar-refractivity contribution in [3.63, 3.8) is 0 Å². The maximum atomic E-state index is 11.1. The van der Waals surface area contributed by atoms with Gasteiger partial charge >= 0.3 is 0 Å². The van der Waals surface area contributed by atoms with Crippen LogP contribution in [0.1, 0.15) is 13.8 Å². The molecule has 2 aromatic rings. The number of carbonyl (C=O) groups is 1. The van der Waals surface area contributed by atoms with Crippen molar-refractivity contribution in [3.05, 3.63) is 30.3 Å².